The molecule has 98 valence electrons. The Hall–Kier alpha value is -0.700. The van der Waals surface area contributed by atoms with Gasteiger partial charge in [0.2, 0.25) is 0 Å². The molecule has 0 aliphatic heterocycles. The fraction of sp³-hybridized carbons (Fsp3) is 0.857. The van der Waals surface area contributed by atoms with Gasteiger partial charge in [-0.15, -0.1) is 0 Å². The molecule has 3 heteroatoms. The van der Waals surface area contributed by atoms with Gasteiger partial charge in [0, 0.05) is 6.42 Å². The fourth-order valence-electron chi connectivity index (χ4n) is 2.76. The summed E-state index contributed by atoms with van der Waals surface area (Å²) in [6, 6.07) is 0. The zero-order valence-corrected chi connectivity index (χ0v) is 10.9. The van der Waals surface area contributed by atoms with E-state index in [1.54, 1.807) is 0 Å². The molecule has 3 nitrogen and oxygen atoms in total. The van der Waals surface area contributed by atoms with Gasteiger partial charge in [0.1, 0.15) is 17.5 Å². The molecule has 0 aromatic heterocycles. The molecule has 0 aromatic rings. The second-order valence-corrected chi connectivity index (χ2v) is 5.28. The number of Topliss-reactive ketones (excluding diaryl/α,β-unsaturated/α-hetero) is 2. The Kier molecular flexibility index (Phi) is 5.83. The molecular formula is C14H24O3. The van der Waals surface area contributed by atoms with Gasteiger partial charge in [-0.25, -0.2) is 0 Å². The Morgan fingerprint density at radius 3 is 2.59 bits per heavy atom. The normalized spacial score (nSPS) is 29.4. The molecule has 0 spiro atoms. The molecule has 0 amide bonds. The molecule has 0 heterocycles. The van der Waals surface area contributed by atoms with Crippen LogP contribution in [0.2, 0.25) is 0 Å². The average Bonchev–Trinajstić information content (AvgIpc) is 2.23. The van der Waals surface area contributed by atoms with Crippen molar-refractivity contribution in [2.45, 2.75) is 64.9 Å². The first kappa shape index (κ1) is 14.4. The molecule has 1 saturated carbocycles. The van der Waals surface area contributed by atoms with E-state index in [9.17, 15) is 14.7 Å². The monoisotopic (exact) mass is 240 g/mol. The highest BCUT2D eigenvalue weighted by atomic mass is 16.3. The van der Waals surface area contributed by atoms with Crippen LogP contribution in [0.4, 0.5) is 0 Å². The highest BCUT2D eigenvalue weighted by molar-refractivity contribution is 6.02. The highest BCUT2D eigenvalue weighted by Gasteiger charge is 2.37. The van der Waals surface area contributed by atoms with Crippen molar-refractivity contribution in [3.8, 4) is 0 Å². The van der Waals surface area contributed by atoms with E-state index in [0.717, 1.165) is 12.8 Å². The van der Waals surface area contributed by atoms with E-state index in [4.69, 9.17) is 0 Å². The van der Waals surface area contributed by atoms with Crippen LogP contribution in [0, 0.1) is 11.8 Å². The van der Waals surface area contributed by atoms with Gasteiger partial charge in [-0.1, -0.05) is 32.6 Å². The molecule has 0 bridgehead atoms. The zero-order valence-electron chi connectivity index (χ0n) is 10.9. The third-order valence-electron chi connectivity index (χ3n) is 3.70. The van der Waals surface area contributed by atoms with E-state index >= 15 is 0 Å². The Bertz CT molecular complexity index is 273. The van der Waals surface area contributed by atoms with Crippen molar-refractivity contribution >= 4 is 11.6 Å². The van der Waals surface area contributed by atoms with Gasteiger partial charge in [-0.3, -0.25) is 9.59 Å². The van der Waals surface area contributed by atoms with Crippen LogP contribution in [0.15, 0.2) is 0 Å². The van der Waals surface area contributed by atoms with Crippen molar-refractivity contribution in [3.05, 3.63) is 0 Å². The van der Waals surface area contributed by atoms with Crippen LogP contribution in [0.1, 0.15) is 58.8 Å². The molecule has 1 rings (SSSR count). The molecule has 0 aromatic carbocycles. The Balaban J connectivity index is 2.38. The SMILES string of the molecule is CCCCCCC1CC(=O)C(C(C)=O)C(O)C1. The first-order chi connectivity index (χ1) is 8.06. The molecule has 1 N–H and O–H groups in total. The highest BCUT2D eigenvalue weighted by Crippen LogP contribution is 2.30. The maximum atomic E-state index is 11.8. The van der Waals surface area contributed by atoms with E-state index in [0.29, 0.717) is 12.8 Å². The third kappa shape index (κ3) is 4.23. The Morgan fingerprint density at radius 1 is 1.35 bits per heavy atom. The van der Waals surface area contributed by atoms with E-state index in [1.165, 1.54) is 26.2 Å². The summed E-state index contributed by atoms with van der Waals surface area (Å²) < 4.78 is 0. The Morgan fingerprint density at radius 2 is 2.06 bits per heavy atom. The minimum atomic E-state index is -0.748. The lowest BCUT2D eigenvalue weighted by Gasteiger charge is -2.30. The minimum absolute atomic E-state index is 0.0586. The van der Waals surface area contributed by atoms with E-state index in [1.807, 2.05) is 0 Å². The van der Waals surface area contributed by atoms with Crippen molar-refractivity contribution in [2.24, 2.45) is 11.8 Å². The standard InChI is InChI=1S/C14H24O3/c1-3-4-5-6-7-11-8-12(16)14(10(2)15)13(17)9-11/h11-12,14,16H,3-9H2,1-2H3. The van der Waals surface area contributed by atoms with Crippen LogP contribution >= 0.6 is 0 Å². The summed E-state index contributed by atoms with van der Waals surface area (Å²) in [5, 5.41) is 9.84. The second kappa shape index (κ2) is 6.90. The number of carbonyl (C=O) groups excluding carboxylic acids is 2. The van der Waals surface area contributed by atoms with Crippen molar-refractivity contribution in [2.75, 3.05) is 0 Å². The number of aliphatic hydroxyl groups is 1. The van der Waals surface area contributed by atoms with E-state index in [2.05, 4.69) is 6.92 Å². The lowest BCUT2D eigenvalue weighted by Crippen LogP contribution is -2.40. The number of hydrogen-bond acceptors (Lipinski definition) is 3. The van der Waals surface area contributed by atoms with Crippen molar-refractivity contribution in [1.29, 1.82) is 0 Å². The maximum Gasteiger partial charge on any atom is 0.146 e. The van der Waals surface area contributed by atoms with Crippen LogP contribution in [0.5, 0.6) is 0 Å². The molecule has 1 fully saturated rings. The third-order valence-corrected chi connectivity index (χ3v) is 3.70. The van der Waals surface area contributed by atoms with Crippen molar-refractivity contribution < 1.29 is 14.7 Å². The van der Waals surface area contributed by atoms with Crippen molar-refractivity contribution in [1.82, 2.24) is 0 Å². The van der Waals surface area contributed by atoms with Crippen molar-refractivity contribution in [3.63, 3.8) is 0 Å². The number of unbranched alkanes of at least 4 members (excludes halogenated alkanes) is 3. The molecular weight excluding hydrogens is 216 g/mol. The van der Waals surface area contributed by atoms with Gasteiger partial charge in [0.15, 0.2) is 0 Å². The smallest absolute Gasteiger partial charge is 0.146 e. The van der Waals surface area contributed by atoms with Crippen LogP contribution in [0.25, 0.3) is 0 Å². The minimum Gasteiger partial charge on any atom is -0.392 e. The summed E-state index contributed by atoms with van der Waals surface area (Å²) >= 11 is 0. The molecule has 1 aliphatic rings. The van der Waals surface area contributed by atoms with Gasteiger partial charge in [-0.05, 0) is 25.7 Å². The van der Waals surface area contributed by atoms with E-state index < -0.39 is 12.0 Å². The van der Waals surface area contributed by atoms with E-state index in [-0.39, 0.29) is 17.5 Å². The average molecular weight is 240 g/mol. The summed E-state index contributed by atoms with van der Waals surface area (Å²) in [5.74, 6) is -0.712. The number of hydrogen-bond donors (Lipinski definition) is 1. The zero-order chi connectivity index (χ0) is 12.8. The van der Waals surface area contributed by atoms with Gasteiger partial charge in [-0.2, -0.15) is 0 Å². The number of aliphatic hydroxyl groups excluding tert-OH is 1. The molecule has 0 radical (unpaired) electrons. The summed E-state index contributed by atoms with van der Waals surface area (Å²) in [7, 11) is 0. The maximum absolute atomic E-state index is 11.8. The largest absolute Gasteiger partial charge is 0.392 e. The molecule has 17 heavy (non-hydrogen) atoms. The van der Waals surface area contributed by atoms with Crippen LogP contribution in [-0.4, -0.2) is 22.8 Å². The van der Waals surface area contributed by atoms with Gasteiger partial charge in [0.25, 0.3) is 0 Å². The van der Waals surface area contributed by atoms with Crippen LogP contribution in [-0.2, 0) is 9.59 Å². The topological polar surface area (TPSA) is 54.4 Å². The predicted octanol–water partition coefficient (Wildman–Crippen LogP) is 2.50. The number of carbonyl (C=O) groups is 2. The molecule has 1 aliphatic carbocycles. The molecule has 3 atom stereocenters. The summed E-state index contributed by atoms with van der Waals surface area (Å²) in [6.45, 7) is 3.57. The number of rotatable bonds is 6. The Labute approximate surface area is 104 Å². The lowest BCUT2D eigenvalue weighted by molar-refractivity contribution is -0.140. The summed E-state index contributed by atoms with van der Waals surface area (Å²) in [5.41, 5.74) is 0. The summed E-state index contributed by atoms with van der Waals surface area (Å²) in [6.07, 6.45) is 6.13. The predicted molar refractivity (Wildman–Crippen MR) is 66.7 cm³/mol. The number of ketones is 2. The summed E-state index contributed by atoms with van der Waals surface area (Å²) in [4.78, 5) is 23.0. The molecule has 3 unspecified atom stereocenters. The van der Waals surface area contributed by atoms with Gasteiger partial charge in [0.05, 0.1) is 6.10 Å². The van der Waals surface area contributed by atoms with Gasteiger partial charge < -0.3 is 5.11 Å². The van der Waals surface area contributed by atoms with Crippen LogP contribution in [0.3, 0.4) is 0 Å². The fourth-order valence-corrected chi connectivity index (χ4v) is 2.76. The second-order valence-electron chi connectivity index (χ2n) is 5.28. The first-order valence-corrected chi connectivity index (χ1v) is 6.77. The van der Waals surface area contributed by atoms with Crippen LogP contribution < -0.4 is 0 Å². The quantitative estimate of drug-likeness (QED) is 0.573. The molecule has 0 saturated heterocycles. The van der Waals surface area contributed by atoms with Gasteiger partial charge >= 0.3 is 0 Å². The lowest BCUT2D eigenvalue weighted by atomic mass is 9.75. The first-order valence-electron chi connectivity index (χ1n) is 6.77.